The number of hydrogen-bond donors (Lipinski definition) is 0. The first-order valence-electron chi connectivity index (χ1n) is 6.87. The van der Waals surface area contributed by atoms with Crippen molar-refractivity contribution < 1.29 is 4.74 Å². The minimum absolute atomic E-state index is 0.456. The van der Waals surface area contributed by atoms with Crippen molar-refractivity contribution >= 4 is 17.2 Å². The molecule has 0 fully saturated rings. The highest BCUT2D eigenvalue weighted by Crippen LogP contribution is 2.21. The van der Waals surface area contributed by atoms with Crippen LogP contribution in [0, 0.1) is 6.92 Å². The van der Waals surface area contributed by atoms with Gasteiger partial charge in [0.1, 0.15) is 11.4 Å². The maximum Gasteiger partial charge on any atom is 0.137 e. The molecular weight excluding hydrogens is 284 g/mol. The van der Waals surface area contributed by atoms with E-state index in [1.165, 1.54) is 5.56 Å². The Labute approximate surface area is 129 Å². The van der Waals surface area contributed by atoms with Gasteiger partial charge in [-0.1, -0.05) is 18.2 Å². The second-order valence-electron chi connectivity index (χ2n) is 5.02. The highest BCUT2D eigenvalue weighted by atomic mass is 35.5. The van der Waals surface area contributed by atoms with E-state index in [0.717, 1.165) is 34.9 Å². The smallest absolute Gasteiger partial charge is 0.137 e. The number of hydrogen-bond acceptors (Lipinski definition) is 2. The second kappa shape index (κ2) is 5.78. The van der Waals surface area contributed by atoms with Crippen LogP contribution < -0.4 is 4.74 Å². The topological polar surface area (TPSA) is 26.5 Å². The van der Waals surface area contributed by atoms with E-state index in [1.54, 1.807) is 7.11 Å². The number of benzene rings is 1. The molecule has 3 rings (SSSR count). The molecule has 0 aliphatic heterocycles. The van der Waals surface area contributed by atoms with Crippen LogP contribution in [-0.4, -0.2) is 16.5 Å². The fraction of sp³-hybridized carbons (Fsp3) is 0.235. The van der Waals surface area contributed by atoms with E-state index in [-0.39, 0.29) is 0 Å². The number of rotatable bonds is 4. The van der Waals surface area contributed by atoms with Gasteiger partial charge in [0.2, 0.25) is 0 Å². The lowest BCUT2D eigenvalue weighted by atomic mass is 10.1. The lowest BCUT2D eigenvalue weighted by molar-refractivity contribution is 0.414. The Balaban J connectivity index is 2.01. The maximum atomic E-state index is 6.16. The SMILES string of the molecule is COc1ccc(Cc2nc3cccc(C)n3c2CCl)cc1. The molecule has 1 aromatic carbocycles. The summed E-state index contributed by atoms with van der Waals surface area (Å²) in [5.74, 6) is 1.32. The number of ether oxygens (including phenoxy) is 1. The molecule has 0 saturated heterocycles. The molecule has 0 unspecified atom stereocenters. The molecule has 3 nitrogen and oxygen atoms in total. The van der Waals surface area contributed by atoms with Crippen molar-refractivity contribution in [3.63, 3.8) is 0 Å². The molecule has 0 spiro atoms. The zero-order chi connectivity index (χ0) is 14.8. The summed E-state index contributed by atoms with van der Waals surface area (Å²) in [4.78, 5) is 4.73. The first kappa shape index (κ1) is 14.0. The van der Waals surface area contributed by atoms with E-state index in [4.69, 9.17) is 21.3 Å². The Morgan fingerprint density at radius 3 is 2.57 bits per heavy atom. The van der Waals surface area contributed by atoms with Gasteiger partial charge in [0.15, 0.2) is 0 Å². The molecule has 0 radical (unpaired) electrons. The van der Waals surface area contributed by atoms with E-state index < -0.39 is 0 Å². The third-order valence-corrected chi connectivity index (χ3v) is 3.93. The third kappa shape index (κ3) is 2.61. The zero-order valence-corrected chi connectivity index (χ0v) is 12.9. The van der Waals surface area contributed by atoms with E-state index >= 15 is 0 Å². The van der Waals surface area contributed by atoms with Crippen LogP contribution in [-0.2, 0) is 12.3 Å². The molecule has 0 atom stereocenters. The summed E-state index contributed by atoms with van der Waals surface area (Å²) < 4.78 is 7.32. The van der Waals surface area contributed by atoms with Crippen LogP contribution in [0.2, 0.25) is 0 Å². The van der Waals surface area contributed by atoms with Crippen molar-refractivity contribution in [1.29, 1.82) is 0 Å². The number of alkyl halides is 1. The molecule has 0 aliphatic rings. The summed E-state index contributed by atoms with van der Waals surface area (Å²) in [7, 11) is 1.67. The molecular formula is C17H17ClN2O. The highest BCUT2D eigenvalue weighted by Gasteiger charge is 2.13. The van der Waals surface area contributed by atoms with Crippen molar-refractivity contribution in [2.75, 3.05) is 7.11 Å². The predicted octanol–water partition coefficient (Wildman–Crippen LogP) is 3.98. The van der Waals surface area contributed by atoms with Gasteiger partial charge in [-0.2, -0.15) is 0 Å². The molecule has 21 heavy (non-hydrogen) atoms. The summed E-state index contributed by atoms with van der Waals surface area (Å²) >= 11 is 6.16. The number of methoxy groups -OCH3 is 1. The minimum atomic E-state index is 0.456. The Kier molecular flexibility index (Phi) is 3.84. The Morgan fingerprint density at radius 1 is 1.14 bits per heavy atom. The molecule has 0 saturated carbocycles. The Morgan fingerprint density at radius 2 is 1.90 bits per heavy atom. The standard InChI is InChI=1S/C17H17ClN2O/c1-12-4-3-5-17-19-15(16(11-18)20(12)17)10-13-6-8-14(21-2)9-7-13/h3-9H,10-11H2,1-2H3. The summed E-state index contributed by atoms with van der Waals surface area (Å²) in [6, 6.07) is 14.2. The first-order valence-corrected chi connectivity index (χ1v) is 7.41. The summed E-state index contributed by atoms with van der Waals surface area (Å²) in [5, 5.41) is 0. The number of nitrogens with zero attached hydrogens (tertiary/aromatic N) is 2. The van der Waals surface area contributed by atoms with Gasteiger partial charge in [-0.15, -0.1) is 11.6 Å². The first-order chi connectivity index (χ1) is 10.2. The molecule has 0 N–H and O–H groups in total. The number of pyridine rings is 1. The zero-order valence-electron chi connectivity index (χ0n) is 12.1. The molecule has 0 bridgehead atoms. The summed E-state index contributed by atoms with van der Waals surface area (Å²) in [5.41, 5.74) is 5.40. The van der Waals surface area contributed by atoms with Crippen LogP contribution in [0.1, 0.15) is 22.6 Å². The van der Waals surface area contributed by atoms with E-state index in [9.17, 15) is 0 Å². The molecule has 4 heteroatoms. The number of aryl methyl sites for hydroxylation is 1. The van der Waals surface area contributed by atoms with Gasteiger partial charge in [0.05, 0.1) is 24.4 Å². The Hall–Kier alpha value is -2.00. The Bertz CT molecular complexity index is 762. The normalized spacial score (nSPS) is 11.0. The fourth-order valence-electron chi connectivity index (χ4n) is 2.59. The number of fused-ring (bicyclic) bond motifs is 1. The quantitative estimate of drug-likeness (QED) is 0.681. The third-order valence-electron chi connectivity index (χ3n) is 3.67. The average molecular weight is 301 g/mol. The molecule has 3 aromatic rings. The van der Waals surface area contributed by atoms with E-state index in [0.29, 0.717) is 5.88 Å². The van der Waals surface area contributed by atoms with Crippen LogP contribution >= 0.6 is 11.6 Å². The lowest BCUT2D eigenvalue weighted by Crippen LogP contribution is -1.98. The van der Waals surface area contributed by atoms with Crippen LogP contribution in [0.3, 0.4) is 0 Å². The van der Waals surface area contributed by atoms with Gasteiger partial charge >= 0.3 is 0 Å². The van der Waals surface area contributed by atoms with E-state index in [2.05, 4.69) is 29.5 Å². The lowest BCUT2D eigenvalue weighted by Gasteiger charge is -2.05. The largest absolute Gasteiger partial charge is 0.497 e. The predicted molar refractivity (Wildman–Crippen MR) is 85.3 cm³/mol. The van der Waals surface area contributed by atoms with Gasteiger partial charge in [-0.3, -0.25) is 4.40 Å². The molecule has 0 amide bonds. The van der Waals surface area contributed by atoms with Crippen LogP contribution in [0.25, 0.3) is 5.65 Å². The number of halogens is 1. The van der Waals surface area contributed by atoms with Gasteiger partial charge in [-0.25, -0.2) is 4.98 Å². The molecule has 108 valence electrons. The van der Waals surface area contributed by atoms with Gasteiger partial charge in [0.25, 0.3) is 0 Å². The van der Waals surface area contributed by atoms with Crippen LogP contribution in [0.15, 0.2) is 42.5 Å². The number of imidazole rings is 1. The van der Waals surface area contributed by atoms with Crippen LogP contribution in [0.5, 0.6) is 5.75 Å². The van der Waals surface area contributed by atoms with Gasteiger partial charge in [0, 0.05) is 12.1 Å². The highest BCUT2D eigenvalue weighted by molar-refractivity contribution is 6.17. The number of aromatic nitrogens is 2. The van der Waals surface area contributed by atoms with Gasteiger partial charge in [-0.05, 0) is 36.8 Å². The summed E-state index contributed by atoms with van der Waals surface area (Å²) in [6.07, 6.45) is 0.771. The summed E-state index contributed by atoms with van der Waals surface area (Å²) in [6.45, 7) is 2.07. The average Bonchev–Trinajstić information content (AvgIpc) is 2.86. The molecule has 0 aliphatic carbocycles. The minimum Gasteiger partial charge on any atom is -0.497 e. The molecule has 2 aromatic heterocycles. The molecule has 2 heterocycles. The van der Waals surface area contributed by atoms with Crippen molar-refractivity contribution in [1.82, 2.24) is 9.38 Å². The van der Waals surface area contributed by atoms with Crippen LogP contribution in [0.4, 0.5) is 0 Å². The van der Waals surface area contributed by atoms with Crippen molar-refractivity contribution in [3.8, 4) is 5.75 Å². The second-order valence-corrected chi connectivity index (χ2v) is 5.29. The van der Waals surface area contributed by atoms with Crippen molar-refractivity contribution in [2.45, 2.75) is 19.2 Å². The fourth-order valence-corrected chi connectivity index (χ4v) is 2.86. The maximum absolute atomic E-state index is 6.16. The van der Waals surface area contributed by atoms with Crippen molar-refractivity contribution in [3.05, 3.63) is 65.1 Å². The van der Waals surface area contributed by atoms with Crippen molar-refractivity contribution in [2.24, 2.45) is 0 Å². The van der Waals surface area contributed by atoms with E-state index in [1.807, 2.05) is 24.3 Å². The van der Waals surface area contributed by atoms with Gasteiger partial charge < -0.3 is 4.74 Å². The monoisotopic (exact) mass is 300 g/mol.